The number of allylic oxidation sites excluding steroid dienone is 4. The van der Waals surface area contributed by atoms with E-state index < -0.39 is 0 Å². The Kier molecular flexibility index (Phi) is 12.2. The van der Waals surface area contributed by atoms with Gasteiger partial charge in [0.05, 0.1) is 5.69 Å². The van der Waals surface area contributed by atoms with Gasteiger partial charge in [0.15, 0.2) is 17.3 Å². The Bertz CT molecular complexity index is 2820. The minimum Gasteiger partial charge on any atom is -0.289 e. The number of carbonyl (C=O) groups is 7. The molecule has 8 rings (SSSR count). The van der Waals surface area contributed by atoms with Crippen molar-refractivity contribution in [2.45, 2.75) is 51.0 Å². The highest BCUT2D eigenvalue weighted by Gasteiger charge is 2.34. The second-order valence-electron chi connectivity index (χ2n) is 16.2. The van der Waals surface area contributed by atoms with E-state index in [1.165, 1.54) is 40.8 Å². The summed E-state index contributed by atoms with van der Waals surface area (Å²) in [6.07, 6.45) is 11.5. The molecule has 0 N–H and O–H groups in total. The Morgan fingerprint density at radius 1 is 0.578 bits per heavy atom. The maximum absolute atomic E-state index is 13.9. The lowest BCUT2D eigenvalue weighted by molar-refractivity contribution is -0.140. The fourth-order valence-corrected chi connectivity index (χ4v) is 8.63. The van der Waals surface area contributed by atoms with Gasteiger partial charge in [0, 0.05) is 47.0 Å². The largest absolute Gasteiger partial charge is 0.289 e. The lowest BCUT2D eigenvalue weighted by atomic mass is 9.81. The predicted octanol–water partition coefficient (Wildman–Crippen LogP) is 10.4. The fourth-order valence-electron chi connectivity index (χ4n) is 8.63. The molecule has 1 fully saturated rings. The van der Waals surface area contributed by atoms with Crippen molar-refractivity contribution in [3.05, 3.63) is 198 Å². The smallest absolute Gasteiger partial charge is 0.258 e. The van der Waals surface area contributed by atoms with Crippen LogP contribution >= 0.6 is 0 Å². The van der Waals surface area contributed by atoms with Crippen molar-refractivity contribution in [3.8, 4) is 33.4 Å². The molecule has 1 saturated carbocycles. The van der Waals surface area contributed by atoms with E-state index in [9.17, 15) is 33.6 Å². The molecule has 64 heavy (non-hydrogen) atoms. The summed E-state index contributed by atoms with van der Waals surface area (Å²) in [5.74, 6) is -1.82. The average molecular weight is 845 g/mol. The van der Waals surface area contributed by atoms with E-state index >= 15 is 0 Å². The minimum absolute atomic E-state index is 0.0446. The topological polar surface area (TPSA) is 126 Å². The summed E-state index contributed by atoms with van der Waals surface area (Å²) in [7, 11) is 0. The molecule has 9 nitrogen and oxygen atoms in total. The summed E-state index contributed by atoms with van der Waals surface area (Å²) in [5.41, 5.74) is 8.61. The van der Waals surface area contributed by atoms with E-state index in [1.54, 1.807) is 55.5 Å². The standard InChI is InChI=1S/C55H44N2O7/c1-4-49(58)47-28-23-44(42-13-11-38(12-14-42)41-21-26-46(27-22-41)57-52(61)31-32-53(57)62)33-48(47)55(64)35(3)6-5-34(2)54(63)43-17-15-39(16-18-43)36-7-9-37(10-8-36)40-19-24-45(25-20-40)56-50(59)29-30-51(56)60/h4,6-18,21-23,26-33,40,45H,1-2,5,19-20,24-25H2,3H3/b35-6-. The number of Topliss-reactive ketones (excluding diaryl/α,β-unsaturated/α-hetero) is 2. The summed E-state index contributed by atoms with van der Waals surface area (Å²) in [6, 6.07) is 35.6. The fraction of sp³-hybridized carbons (Fsp3) is 0.145. The third-order valence-corrected chi connectivity index (χ3v) is 12.3. The first-order valence-electron chi connectivity index (χ1n) is 21.2. The van der Waals surface area contributed by atoms with E-state index in [4.69, 9.17) is 0 Å². The van der Waals surface area contributed by atoms with Crippen molar-refractivity contribution < 1.29 is 33.6 Å². The molecule has 0 saturated heterocycles. The van der Waals surface area contributed by atoms with Crippen molar-refractivity contribution in [3.63, 3.8) is 0 Å². The first-order valence-corrected chi connectivity index (χ1v) is 21.2. The second-order valence-corrected chi connectivity index (χ2v) is 16.2. The normalized spacial score (nSPS) is 17.3. The SMILES string of the molecule is C=CC(=O)c1ccc(-c2ccc(-c3ccc(N4C(=O)C=CC4=O)cc3)cc2)cc1C(=O)/C(C)=C\CC(=C)C(=O)c1ccc(-c2ccc(C3CCC(N4C(=O)C=CC4=O)CC3)cc2)cc1. The van der Waals surface area contributed by atoms with Gasteiger partial charge in [-0.2, -0.15) is 0 Å². The predicted molar refractivity (Wildman–Crippen MR) is 248 cm³/mol. The number of nitrogens with zero attached hydrogens (tertiary/aromatic N) is 2. The van der Waals surface area contributed by atoms with E-state index in [1.807, 2.05) is 48.5 Å². The van der Waals surface area contributed by atoms with Crippen LogP contribution in [0.5, 0.6) is 0 Å². The Morgan fingerprint density at radius 3 is 1.59 bits per heavy atom. The Morgan fingerprint density at radius 2 is 1.05 bits per heavy atom. The molecule has 1 aliphatic carbocycles. The molecule has 0 atom stereocenters. The Balaban J connectivity index is 0.892. The molecule has 0 bridgehead atoms. The molecule has 0 radical (unpaired) electrons. The summed E-state index contributed by atoms with van der Waals surface area (Å²) < 4.78 is 0. The van der Waals surface area contributed by atoms with E-state index in [-0.39, 0.29) is 64.6 Å². The van der Waals surface area contributed by atoms with Crippen LogP contribution in [0.3, 0.4) is 0 Å². The second kappa shape index (κ2) is 18.2. The molecule has 5 aromatic carbocycles. The highest BCUT2D eigenvalue weighted by Crippen LogP contribution is 2.37. The van der Waals surface area contributed by atoms with Crippen molar-refractivity contribution in [1.82, 2.24) is 4.90 Å². The number of imide groups is 2. The monoisotopic (exact) mass is 844 g/mol. The number of carbonyl (C=O) groups excluding carboxylic acids is 7. The summed E-state index contributed by atoms with van der Waals surface area (Å²) in [4.78, 5) is 91.2. The van der Waals surface area contributed by atoms with Gasteiger partial charge in [-0.1, -0.05) is 110 Å². The van der Waals surface area contributed by atoms with Crippen molar-refractivity contribution >= 4 is 46.7 Å². The van der Waals surface area contributed by atoms with Gasteiger partial charge in [-0.3, -0.25) is 38.5 Å². The molecule has 316 valence electrons. The first kappa shape index (κ1) is 42.8. The van der Waals surface area contributed by atoms with Crippen LogP contribution in [0.4, 0.5) is 5.69 Å². The van der Waals surface area contributed by atoms with Crippen molar-refractivity contribution in [2.75, 3.05) is 4.90 Å². The maximum Gasteiger partial charge on any atom is 0.258 e. The molecule has 5 aromatic rings. The number of ketones is 3. The van der Waals surface area contributed by atoms with Crippen LogP contribution in [0.15, 0.2) is 176 Å². The van der Waals surface area contributed by atoms with Crippen LogP contribution in [0.1, 0.15) is 81.6 Å². The molecule has 0 unspecified atom stereocenters. The first-order chi connectivity index (χ1) is 30.9. The third-order valence-electron chi connectivity index (χ3n) is 12.3. The molecule has 3 aliphatic rings. The molecule has 9 heteroatoms. The third kappa shape index (κ3) is 8.74. The van der Waals surface area contributed by atoms with Gasteiger partial charge in [-0.15, -0.1) is 0 Å². The van der Waals surface area contributed by atoms with Crippen molar-refractivity contribution in [2.24, 2.45) is 0 Å². The van der Waals surface area contributed by atoms with Gasteiger partial charge in [0.2, 0.25) is 0 Å². The number of benzene rings is 5. The Hall–Kier alpha value is -7.91. The maximum atomic E-state index is 13.9. The number of hydrogen-bond acceptors (Lipinski definition) is 7. The summed E-state index contributed by atoms with van der Waals surface area (Å²) in [5, 5.41) is 0. The highest BCUT2D eigenvalue weighted by molar-refractivity contribution is 6.28. The van der Waals surface area contributed by atoms with Crippen LogP contribution in [0.25, 0.3) is 33.4 Å². The van der Waals surface area contributed by atoms with E-state index in [0.29, 0.717) is 28.3 Å². The van der Waals surface area contributed by atoms with Crippen LogP contribution in [0, 0.1) is 0 Å². The zero-order valence-corrected chi connectivity index (χ0v) is 35.3. The summed E-state index contributed by atoms with van der Waals surface area (Å²) >= 11 is 0. The molecule has 4 amide bonds. The molecular weight excluding hydrogens is 801 g/mol. The minimum atomic E-state index is -0.388. The number of rotatable bonds is 14. The van der Waals surface area contributed by atoms with Gasteiger partial charge in [-0.05, 0) is 125 Å². The van der Waals surface area contributed by atoms with Crippen LogP contribution in [0.2, 0.25) is 0 Å². The van der Waals surface area contributed by atoms with Gasteiger partial charge >= 0.3 is 0 Å². The van der Waals surface area contributed by atoms with Crippen LogP contribution < -0.4 is 4.90 Å². The highest BCUT2D eigenvalue weighted by atomic mass is 16.2. The van der Waals surface area contributed by atoms with E-state index in [2.05, 4.69) is 37.4 Å². The lowest BCUT2D eigenvalue weighted by Gasteiger charge is -2.33. The number of amides is 4. The number of hydrogen-bond donors (Lipinski definition) is 0. The van der Waals surface area contributed by atoms with Crippen LogP contribution in [-0.2, 0) is 19.2 Å². The zero-order valence-electron chi connectivity index (χ0n) is 35.3. The molecule has 0 aromatic heterocycles. The summed E-state index contributed by atoms with van der Waals surface area (Å²) in [6.45, 7) is 9.31. The number of anilines is 1. The van der Waals surface area contributed by atoms with E-state index in [0.717, 1.165) is 64.0 Å². The van der Waals surface area contributed by atoms with Crippen LogP contribution in [-0.4, -0.2) is 51.9 Å². The van der Waals surface area contributed by atoms with Gasteiger partial charge < -0.3 is 0 Å². The van der Waals surface area contributed by atoms with Gasteiger partial charge in [0.1, 0.15) is 0 Å². The quantitative estimate of drug-likeness (QED) is 0.0619. The van der Waals surface area contributed by atoms with Gasteiger partial charge in [0.25, 0.3) is 23.6 Å². The zero-order chi connectivity index (χ0) is 45.1. The average Bonchev–Trinajstić information content (AvgIpc) is 3.86. The lowest BCUT2D eigenvalue weighted by Crippen LogP contribution is -2.41. The van der Waals surface area contributed by atoms with Gasteiger partial charge in [-0.25, -0.2) is 4.90 Å². The molecule has 2 heterocycles. The Labute approximate surface area is 371 Å². The molecular formula is C55H44N2O7. The molecule has 2 aliphatic heterocycles. The van der Waals surface area contributed by atoms with Crippen molar-refractivity contribution in [1.29, 1.82) is 0 Å². The molecule has 0 spiro atoms.